The molecule has 4 rings (SSSR count). The van der Waals surface area contributed by atoms with E-state index in [0.717, 1.165) is 53.2 Å². The summed E-state index contributed by atoms with van der Waals surface area (Å²) in [5, 5.41) is 3.14. The highest BCUT2D eigenvalue weighted by Crippen LogP contribution is 2.23. The number of benzene rings is 2. The smallest absolute Gasteiger partial charge is 0.227 e. The first kappa shape index (κ1) is 20.5. The number of nitrogens with zero attached hydrogens (tertiary/aromatic N) is 2. The summed E-state index contributed by atoms with van der Waals surface area (Å²) in [4.78, 5) is 34.5. The second-order valence-corrected chi connectivity index (χ2v) is 8.52. The number of anilines is 1. The normalized spacial score (nSPS) is 15.0. The summed E-state index contributed by atoms with van der Waals surface area (Å²) in [5.74, 6) is 1.86. The fraction of sp³-hybridized carbons (Fsp3) is 0.348. The minimum Gasteiger partial charge on any atom is -0.346 e. The fourth-order valence-electron chi connectivity index (χ4n) is 3.80. The van der Waals surface area contributed by atoms with E-state index in [9.17, 15) is 9.59 Å². The van der Waals surface area contributed by atoms with Crippen molar-refractivity contribution in [2.24, 2.45) is 0 Å². The maximum atomic E-state index is 12.7. The molecule has 30 heavy (non-hydrogen) atoms. The molecule has 1 saturated heterocycles. The SMILES string of the molecule is CSCC[C@@H](NC(=O)Cc1ccc(N2CCCC2=O)cc1)c1nc2ccccc2[nH]1. The number of hydrogen-bond acceptors (Lipinski definition) is 4. The zero-order valence-electron chi connectivity index (χ0n) is 17.1. The van der Waals surface area contributed by atoms with E-state index < -0.39 is 0 Å². The second-order valence-electron chi connectivity index (χ2n) is 7.53. The van der Waals surface area contributed by atoms with Crippen LogP contribution in [-0.4, -0.2) is 40.3 Å². The molecule has 0 radical (unpaired) electrons. The minimum absolute atomic E-state index is 0.0356. The van der Waals surface area contributed by atoms with Gasteiger partial charge in [-0.25, -0.2) is 4.98 Å². The maximum absolute atomic E-state index is 12.7. The zero-order valence-corrected chi connectivity index (χ0v) is 17.9. The molecule has 0 saturated carbocycles. The summed E-state index contributed by atoms with van der Waals surface area (Å²) < 4.78 is 0. The lowest BCUT2D eigenvalue weighted by Crippen LogP contribution is -2.31. The van der Waals surface area contributed by atoms with Gasteiger partial charge in [-0.15, -0.1) is 0 Å². The van der Waals surface area contributed by atoms with Crippen molar-refractivity contribution >= 4 is 40.3 Å². The Morgan fingerprint density at radius 1 is 1.23 bits per heavy atom. The summed E-state index contributed by atoms with van der Waals surface area (Å²) in [6.07, 6.45) is 4.68. The van der Waals surface area contributed by atoms with Crippen LogP contribution in [0.15, 0.2) is 48.5 Å². The predicted octanol–water partition coefficient (Wildman–Crippen LogP) is 3.84. The minimum atomic E-state index is -0.154. The Balaban J connectivity index is 1.42. The number of para-hydroxylation sites is 2. The van der Waals surface area contributed by atoms with E-state index in [2.05, 4.69) is 21.5 Å². The van der Waals surface area contributed by atoms with Gasteiger partial charge in [0.15, 0.2) is 0 Å². The molecular formula is C23H26N4O2S. The number of amides is 2. The number of H-pyrrole nitrogens is 1. The van der Waals surface area contributed by atoms with Crippen LogP contribution in [0.3, 0.4) is 0 Å². The Morgan fingerprint density at radius 2 is 2.03 bits per heavy atom. The third-order valence-electron chi connectivity index (χ3n) is 5.37. The van der Waals surface area contributed by atoms with Crippen molar-refractivity contribution in [3.05, 3.63) is 59.9 Å². The summed E-state index contributed by atoms with van der Waals surface area (Å²) in [7, 11) is 0. The summed E-state index contributed by atoms with van der Waals surface area (Å²) >= 11 is 1.75. The standard InChI is InChI=1S/C23H26N4O2S/c1-30-14-12-20(23-25-18-5-2-3-6-19(18)26-23)24-21(28)15-16-8-10-17(11-9-16)27-13-4-7-22(27)29/h2-3,5-6,8-11,20H,4,7,12-15H2,1H3,(H,24,28)(H,25,26)/t20-/m1/s1. The lowest BCUT2D eigenvalue weighted by molar-refractivity contribution is -0.121. The van der Waals surface area contributed by atoms with Gasteiger partial charge in [-0.1, -0.05) is 24.3 Å². The lowest BCUT2D eigenvalue weighted by atomic mass is 10.1. The van der Waals surface area contributed by atoms with Crippen molar-refractivity contribution in [2.75, 3.05) is 23.5 Å². The van der Waals surface area contributed by atoms with Gasteiger partial charge in [0.25, 0.3) is 0 Å². The Morgan fingerprint density at radius 3 is 2.73 bits per heavy atom. The second kappa shape index (κ2) is 9.34. The van der Waals surface area contributed by atoms with Gasteiger partial charge in [-0.05, 0) is 54.7 Å². The van der Waals surface area contributed by atoms with Gasteiger partial charge in [-0.2, -0.15) is 11.8 Å². The molecule has 0 bridgehead atoms. The van der Waals surface area contributed by atoms with Crippen LogP contribution in [0.5, 0.6) is 0 Å². The monoisotopic (exact) mass is 422 g/mol. The van der Waals surface area contributed by atoms with E-state index in [1.54, 1.807) is 11.8 Å². The number of nitrogens with one attached hydrogen (secondary N) is 2. The van der Waals surface area contributed by atoms with E-state index >= 15 is 0 Å². The van der Waals surface area contributed by atoms with Crippen molar-refractivity contribution in [2.45, 2.75) is 31.7 Å². The molecule has 0 unspecified atom stereocenters. The van der Waals surface area contributed by atoms with E-state index in [1.807, 2.05) is 53.4 Å². The molecule has 2 N–H and O–H groups in total. The zero-order chi connectivity index (χ0) is 20.9. The Kier molecular flexibility index (Phi) is 6.38. The molecule has 1 aliphatic heterocycles. The Bertz CT molecular complexity index is 998. The van der Waals surface area contributed by atoms with Gasteiger partial charge in [0, 0.05) is 18.7 Å². The Hall–Kier alpha value is -2.80. The molecule has 7 heteroatoms. The number of aromatic nitrogens is 2. The third kappa shape index (κ3) is 4.67. The lowest BCUT2D eigenvalue weighted by Gasteiger charge is -2.17. The number of imidazole rings is 1. The van der Waals surface area contributed by atoms with Crippen molar-refractivity contribution in [1.82, 2.24) is 15.3 Å². The van der Waals surface area contributed by atoms with Gasteiger partial charge >= 0.3 is 0 Å². The van der Waals surface area contributed by atoms with Crippen LogP contribution in [0.4, 0.5) is 5.69 Å². The molecule has 1 aliphatic rings. The number of thioether (sulfide) groups is 1. The molecular weight excluding hydrogens is 396 g/mol. The highest BCUT2D eigenvalue weighted by atomic mass is 32.2. The first-order chi connectivity index (χ1) is 14.6. The van der Waals surface area contributed by atoms with E-state index in [-0.39, 0.29) is 17.9 Å². The van der Waals surface area contributed by atoms with Crippen LogP contribution in [0, 0.1) is 0 Å². The average molecular weight is 423 g/mol. The molecule has 156 valence electrons. The molecule has 2 aromatic carbocycles. The number of fused-ring (bicyclic) bond motifs is 1. The van der Waals surface area contributed by atoms with Gasteiger partial charge in [0.1, 0.15) is 5.82 Å². The highest BCUT2D eigenvalue weighted by Gasteiger charge is 2.22. The van der Waals surface area contributed by atoms with Crippen LogP contribution < -0.4 is 10.2 Å². The van der Waals surface area contributed by atoms with Crippen molar-refractivity contribution in [1.29, 1.82) is 0 Å². The van der Waals surface area contributed by atoms with E-state index in [1.165, 1.54) is 0 Å². The van der Waals surface area contributed by atoms with Crippen LogP contribution >= 0.6 is 11.8 Å². The number of carbonyl (C=O) groups excluding carboxylic acids is 2. The molecule has 1 atom stereocenters. The summed E-state index contributed by atoms with van der Waals surface area (Å²) in [6, 6.07) is 15.4. The van der Waals surface area contributed by atoms with Crippen molar-refractivity contribution in [3.63, 3.8) is 0 Å². The molecule has 2 heterocycles. The largest absolute Gasteiger partial charge is 0.346 e. The van der Waals surface area contributed by atoms with E-state index in [0.29, 0.717) is 12.8 Å². The summed E-state index contributed by atoms with van der Waals surface area (Å²) in [6.45, 7) is 0.771. The number of rotatable bonds is 8. The molecule has 1 aromatic heterocycles. The number of carbonyl (C=O) groups is 2. The first-order valence-corrected chi connectivity index (χ1v) is 11.7. The molecule has 3 aromatic rings. The van der Waals surface area contributed by atoms with Gasteiger partial charge < -0.3 is 15.2 Å². The predicted molar refractivity (Wildman–Crippen MR) is 122 cm³/mol. The summed E-state index contributed by atoms with van der Waals surface area (Å²) in [5.41, 5.74) is 3.71. The third-order valence-corrected chi connectivity index (χ3v) is 6.01. The molecule has 2 amide bonds. The van der Waals surface area contributed by atoms with E-state index in [4.69, 9.17) is 0 Å². The molecule has 6 nitrogen and oxygen atoms in total. The number of hydrogen-bond donors (Lipinski definition) is 2. The first-order valence-electron chi connectivity index (χ1n) is 10.3. The number of aromatic amines is 1. The van der Waals surface area contributed by atoms with Crippen LogP contribution in [0.1, 0.15) is 36.7 Å². The molecule has 0 aliphatic carbocycles. The average Bonchev–Trinajstić information content (AvgIpc) is 3.37. The van der Waals surface area contributed by atoms with Crippen molar-refractivity contribution < 1.29 is 9.59 Å². The fourth-order valence-corrected chi connectivity index (χ4v) is 4.27. The molecule has 0 spiro atoms. The highest BCUT2D eigenvalue weighted by molar-refractivity contribution is 7.98. The molecule has 1 fully saturated rings. The van der Waals surface area contributed by atoms with Gasteiger partial charge in [-0.3, -0.25) is 9.59 Å². The van der Waals surface area contributed by atoms with Gasteiger partial charge in [0.2, 0.25) is 11.8 Å². The quantitative estimate of drug-likeness (QED) is 0.578. The van der Waals surface area contributed by atoms with Crippen LogP contribution in [-0.2, 0) is 16.0 Å². The van der Waals surface area contributed by atoms with Gasteiger partial charge in [0.05, 0.1) is 23.5 Å². The van der Waals surface area contributed by atoms with Crippen LogP contribution in [0.25, 0.3) is 11.0 Å². The maximum Gasteiger partial charge on any atom is 0.227 e. The van der Waals surface area contributed by atoms with Crippen LogP contribution in [0.2, 0.25) is 0 Å². The topological polar surface area (TPSA) is 78.1 Å². The Labute approximate surface area is 180 Å². The van der Waals surface area contributed by atoms with Crippen molar-refractivity contribution in [3.8, 4) is 0 Å².